The Morgan fingerprint density at radius 1 is 1.16 bits per heavy atom. The summed E-state index contributed by atoms with van der Waals surface area (Å²) < 4.78 is 16.0. The van der Waals surface area contributed by atoms with Gasteiger partial charge in [-0.25, -0.2) is 0 Å². The van der Waals surface area contributed by atoms with Crippen molar-refractivity contribution in [2.75, 3.05) is 13.7 Å². The highest BCUT2D eigenvalue weighted by molar-refractivity contribution is 5.27. The molecule has 1 aromatic heterocycles. The second-order valence-corrected chi connectivity index (χ2v) is 4.30. The molecule has 4 nitrogen and oxygen atoms in total. The molecule has 0 spiro atoms. The molecule has 102 valence electrons. The van der Waals surface area contributed by atoms with Gasteiger partial charge in [-0.1, -0.05) is 12.1 Å². The Bertz CT molecular complexity index is 490. The van der Waals surface area contributed by atoms with Gasteiger partial charge in [0, 0.05) is 19.2 Å². The summed E-state index contributed by atoms with van der Waals surface area (Å²) in [6, 6.07) is 9.91. The average Bonchev–Trinajstić information content (AvgIpc) is 2.92. The van der Waals surface area contributed by atoms with Gasteiger partial charge in [0.25, 0.3) is 0 Å². The maximum atomic E-state index is 5.64. The van der Waals surface area contributed by atoms with E-state index in [0.717, 1.165) is 30.1 Å². The first kappa shape index (κ1) is 13.6. The molecule has 0 aliphatic heterocycles. The minimum absolute atomic E-state index is 0.414. The lowest BCUT2D eigenvalue weighted by atomic mass is 10.1. The van der Waals surface area contributed by atoms with Gasteiger partial charge < -0.3 is 19.6 Å². The fourth-order valence-electron chi connectivity index (χ4n) is 1.74. The second kappa shape index (κ2) is 6.97. The molecule has 2 aromatic rings. The Balaban J connectivity index is 1.85. The van der Waals surface area contributed by atoms with Crippen molar-refractivity contribution < 1.29 is 13.9 Å². The Kier molecular flexibility index (Phi) is 5.01. The van der Waals surface area contributed by atoms with Crippen molar-refractivity contribution in [3.8, 4) is 5.75 Å². The number of hydrogen-bond acceptors (Lipinski definition) is 4. The Hall–Kier alpha value is -1.78. The molecule has 1 heterocycles. The van der Waals surface area contributed by atoms with E-state index in [4.69, 9.17) is 19.6 Å². The number of methoxy groups -OCH3 is 1. The molecule has 1 aromatic carbocycles. The molecule has 0 bridgehead atoms. The van der Waals surface area contributed by atoms with Crippen LogP contribution in [0.5, 0.6) is 5.75 Å². The fraction of sp³-hybridized carbons (Fsp3) is 0.333. The van der Waals surface area contributed by atoms with Crippen molar-refractivity contribution in [2.45, 2.75) is 19.6 Å². The van der Waals surface area contributed by atoms with E-state index < -0.39 is 0 Å². The number of furan rings is 1. The summed E-state index contributed by atoms with van der Waals surface area (Å²) in [4.78, 5) is 0. The average molecular weight is 261 g/mol. The Labute approximate surface area is 113 Å². The molecule has 19 heavy (non-hydrogen) atoms. The lowest BCUT2D eigenvalue weighted by Crippen LogP contribution is -1.96. The third-order valence-electron chi connectivity index (χ3n) is 2.84. The largest absolute Gasteiger partial charge is 0.486 e. The molecule has 0 radical (unpaired) electrons. The van der Waals surface area contributed by atoms with Crippen LogP contribution in [0.1, 0.15) is 16.9 Å². The normalized spacial score (nSPS) is 10.6. The SMILES string of the molecule is COCCc1ccc(OCc2cc(CN)co2)cc1. The summed E-state index contributed by atoms with van der Waals surface area (Å²) in [5, 5.41) is 0. The van der Waals surface area contributed by atoms with Crippen LogP contribution in [-0.4, -0.2) is 13.7 Å². The zero-order chi connectivity index (χ0) is 13.5. The molecule has 0 atom stereocenters. The van der Waals surface area contributed by atoms with Gasteiger partial charge in [-0.05, 0) is 30.2 Å². The van der Waals surface area contributed by atoms with Crippen molar-refractivity contribution in [3.05, 3.63) is 53.5 Å². The Morgan fingerprint density at radius 2 is 1.95 bits per heavy atom. The predicted octanol–water partition coefficient (Wildman–Crippen LogP) is 2.51. The summed E-state index contributed by atoms with van der Waals surface area (Å²) in [7, 11) is 1.70. The smallest absolute Gasteiger partial charge is 0.146 e. The predicted molar refractivity (Wildman–Crippen MR) is 73.0 cm³/mol. The van der Waals surface area contributed by atoms with Crippen LogP contribution in [0.3, 0.4) is 0 Å². The first-order valence-electron chi connectivity index (χ1n) is 6.29. The maximum Gasteiger partial charge on any atom is 0.146 e. The zero-order valence-corrected chi connectivity index (χ0v) is 11.1. The molecule has 0 amide bonds. The Morgan fingerprint density at radius 3 is 2.58 bits per heavy atom. The number of benzene rings is 1. The molecule has 2 rings (SSSR count). The van der Waals surface area contributed by atoms with Crippen LogP contribution < -0.4 is 10.5 Å². The van der Waals surface area contributed by atoms with Gasteiger partial charge in [0.1, 0.15) is 18.1 Å². The third kappa shape index (κ3) is 4.12. The minimum atomic E-state index is 0.414. The second-order valence-electron chi connectivity index (χ2n) is 4.30. The van der Waals surface area contributed by atoms with Crippen LogP contribution >= 0.6 is 0 Å². The molecule has 0 fully saturated rings. The van der Waals surface area contributed by atoms with Gasteiger partial charge in [-0.3, -0.25) is 0 Å². The quantitative estimate of drug-likeness (QED) is 0.832. The van der Waals surface area contributed by atoms with Crippen LogP contribution in [0.2, 0.25) is 0 Å². The lowest BCUT2D eigenvalue weighted by molar-refractivity contribution is 0.202. The fourth-order valence-corrected chi connectivity index (χ4v) is 1.74. The highest BCUT2D eigenvalue weighted by Crippen LogP contribution is 2.15. The summed E-state index contributed by atoms with van der Waals surface area (Å²) >= 11 is 0. The molecule has 0 aliphatic rings. The summed E-state index contributed by atoms with van der Waals surface area (Å²) in [5.74, 6) is 1.61. The molecule has 2 N–H and O–H groups in total. The molecule has 0 saturated heterocycles. The monoisotopic (exact) mass is 261 g/mol. The first-order chi connectivity index (χ1) is 9.31. The van der Waals surface area contributed by atoms with Crippen molar-refractivity contribution in [2.24, 2.45) is 5.73 Å². The standard InChI is InChI=1S/C15H19NO3/c1-17-7-6-12-2-4-14(5-3-12)19-11-15-8-13(9-16)10-18-15/h2-5,8,10H,6-7,9,11,16H2,1H3. The van der Waals surface area contributed by atoms with E-state index in [2.05, 4.69) is 0 Å². The molecule has 0 unspecified atom stereocenters. The van der Waals surface area contributed by atoms with E-state index in [1.54, 1.807) is 13.4 Å². The van der Waals surface area contributed by atoms with E-state index >= 15 is 0 Å². The van der Waals surface area contributed by atoms with Crippen LogP contribution in [0.4, 0.5) is 0 Å². The summed E-state index contributed by atoms with van der Waals surface area (Å²) in [5.41, 5.74) is 7.73. The van der Waals surface area contributed by atoms with Crippen LogP contribution in [0, 0.1) is 0 Å². The van der Waals surface area contributed by atoms with Crippen molar-refractivity contribution in [1.82, 2.24) is 0 Å². The minimum Gasteiger partial charge on any atom is -0.486 e. The number of hydrogen-bond donors (Lipinski definition) is 1. The highest BCUT2D eigenvalue weighted by Gasteiger charge is 2.02. The summed E-state index contributed by atoms with van der Waals surface area (Å²) in [6.45, 7) is 1.63. The van der Waals surface area contributed by atoms with E-state index in [1.165, 1.54) is 5.56 Å². The number of nitrogens with two attached hydrogens (primary N) is 1. The van der Waals surface area contributed by atoms with Crippen LogP contribution in [0.15, 0.2) is 41.0 Å². The van der Waals surface area contributed by atoms with E-state index in [-0.39, 0.29) is 0 Å². The molecule has 0 aliphatic carbocycles. The number of rotatable bonds is 7. The summed E-state index contributed by atoms with van der Waals surface area (Å²) in [6.07, 6.45) is 2.57. The van der Waals surface area contributed by atoms with Gasteiger partial charge in [0.15, 0.2) is 0 Å². The van der Waals surface area contributed by atoms with Gasteiger partial charge in [0.05, 0.1) is 12.9 Å². The third-order valence-corrected chi connectivity index (χ3v) is 2.84. The van der Waals surface area contributed by atoms with Gasteiger partial charge in [0.2, 0.25) is 0 Å². The van der Waals surface area contributed by atoms with Gasteiger partial charge >= 0.3 is 0 Å². The number of ether oxygens (including phenoxy) is 2. The lowest BCUT2D eigenvalue weighted by Gasteiger charge is -2.05. The van der Waals surface area contributed by atoms with Crippen molar-refractivity contribution >= 4 is 0 Å². The van der Waals surface area contributed by atoms with Crippen LogP contribution in [-0.2, 0) is 24.3 Å². The molecule has 4 heteroatoms. The molecular weight excluding hydrogens is 242 g/mol. The van der Waals surface area contributed by atoms with Crippen molar-refractivity contribution in [1.29, 1.82) is 0 Å². The zero-order valence-electron chi connectivity index (χ0n) is 11.1. The first-order valence-corrected chi connectivity index (χ1v) is 6.29. The topological polar surface area (TPSA) is 57.6 Å². The van der Waals surface area contributed by atoms with Gasteiger partial charge in [-0.2, -0.15) is 0 Å². The van der Waals surface area contributed by atoms with E-state index in [0.29, 0.717) is 13.2 Å². The van der Waals surface area contributed by atoms with E-state index in [9.17, 15) is 0 Å². The molecular formula is C15H19NO3. The highest BCUT2D eigenvalue weighted by atomic mass is 16.5. The van der Waals surface area contributed by atoms with Crippen molar-refractivity contribution in [3.63, 3.8) is 0 Å². The maximum absolute atomic E-state index is 5.64. The van der Waals surface area contributed by atoms with Crippen LogP contribution in [0.25, 0.3) is 0 Å². The molecule has 0 saturated carbocycles. The van der Waals surface area contributed by atoms with Gasteiger partial charge in [-0.15, -0.1) is 0 Å². The van der Waals surface area contributed by atoms with E-state index in [1.807, 2.05) is 30.3 Å².